The van der Waals surface area contributed by atoms with Gasteiger partial charge in [0.2, 0.25) is 0 Å². The largest absolute Gasteiger partial charge is 0.481 e. The van der Waals surface area contributed by atoms with E-state index in [4.69, 9.17) is 5.11 Å². The van der Waals surface area contributed by atoms with Crippen molar-refractivity contribution in [1.82, 2.24) is 10.6 Å². The van der Waals surface area contributed by atoms with Crippen LogP contribution in [0.25, 0.3) is 0 Å². The number of Topliss-reactive ketones (excluding diaryl/α,β-unsaturated/α-hetero) is 1. The Morgan fingerprint density at radius 1 is 0.760 bits per heavy atom. The van der Waals surface area contributed by atoms with E-state index in [1.54, 1.807) is 0 Å². The minimum atomic E-state index is -0.941. The average molecular weight is 340 g/mol. The highest BCUT2D eigenvalue weighted by Crippen LogP contribution is 2.06. The van der Waals surface area contributed by atoms with Crippen molar-refractivity contribution < 1.29 is 14.7 Å². The zero-order valence-corrected chi connectivity index (χ0v) is 14.2. The van der Waals surface area contributed by atoms with Crippen molar-refractivity contribution in [3.8, 4) is 0 Å². The quantitative estimate of drug-likeness (QED) is 0.586. The highest BCUT2D eigenvalue weighted by atomic mass is 16.4. The summed E-state index contributed by atoms with van der Waals surface area (Å²) >= 11 is 0. The molecule has 0 aromatic heterocycles. The lowest BCUT2D eigenvalue weighted by Crippen LogP contribution is -2.23. The molecule has 2 aromatic rings. The van der Waals surface area contributed by atoms with E-state index in [1.807, 2.05) is 30.3 Å². The molecule has 0 bridgehead atoms. The SMILES string of the molecule is O=C(O)CCC(=O)CNCc1cccc(CNCc2ccccc2)c1. The number of benzene rings is 2. The van der Waals surface area contributed by atoms with Gasteiger partial charge in [-0.2, -0.15) is 0 Å². The molecule has 5 heteroatoms. The van der Waals surface area contributed by atoms with Gasteiger partial charge >= 0.3 is 5.97 Å². The Bertz CT molecular complexity index is 686. The van der Waals surface area contributed by atoms with Crippen LogP contribution in [0.2, 0.25) is 0 Å². The fraction of sp³-hybridized carbons (Fsp3) is 0.300. The molecule has 3 N–H and O–H groups in total. The number of nitrogens with one attached hydrogen (secondary N) is 2. The second kappa shape index (κ2) is 10.4. The summed E-state index contributed by atoms with van der Waals surface area (Å²) in [6, 6.07) is 18.4. The number of hydrogen-bond donors (Lipinski definition) is 3. The number of carboxylic acids is 1. The van der Waals surface area contributed by atoms with Gasteiger partial charge in [-0.05, 0) is 16.7 Å². The first kappa shape index (κ1) is 18.8. The normalized spacial score (nSPS) is 10.6. The van der Waals surface area contributed by atoms with E-state index in [0.717, 1.165) is 18.7 Å². The third-order valence-corrected chi connectivity index (χ3v) is 3.76. The van der Waals surface area contributed by atoms with Crippen molar-refractivity contribution in [2.24, 2.45) is 0 Å². The van der Waals surface area contributed by atoms with Crippen LogP contribution in [0.1, 0.15) is 29.5 Å². The number of carboxylic acid groups (broad SMARTS) is 1. The smallest absolute Gasteiger partial charge is 0.303 e. The minimum absolute atomic E-state index is 0.0752. The molecule has 2 rings (SSSR count). The first-order chi connectivity index (χ1) is 12.1. The summed E-state index contributed by atoms with van der Waals surface area (Å²) in [7, 11) is 0. The molecule has 25 heavy (non-hydrogen) atoms. The molecule has 5 nitrogen and oxygen atoms in total. The Labute approximate surface area is 148 Å². The fourth-order valence-corrected chi connectivity index (χ4v) is 2.48. The molecule has 0 atom stereocenters. The zero-order valence-electron chi connectivity index (χ0n) is 14.2. The van der Waals surface area contributed by atoms with E-state index in [2.05, 4.69) is 34.9 Å². The van der Waals surface area contributed by atoms with Crippen LogP contribution in [0, 0.1) is 0 Å². The maximum absolute atomic E-state index is 11.5. The van der Waals surface area contributed by atoms with E-state index in [-0.39, 0.29) is 25.2 Å². The van der Waals surface area contributed by atoms with E-state index in [9.17, 15) is 9.59 Å². The zero-order chi connectivity index (χ0) is 17.9. The van der Waals surface area contributed by atoms with Crippen molar-refractivity contribution >= 4 is 11.8 Å². The van der Waals surface area contributed by atoms with Crippen LogP contribution in [-0.2, 0) is 29.2 Å². The van der Waals surface area contributed by atoms with Crippen molar-refractivity contribution in [1.29, 1.82) is 0 Å². The molecule has 2 aromatic carbocycles. The summed E-state index contributed by atoms with van der Waals surface area (Å²) < 4.78 is 0. The average Bonchev–Trinajstić information content (AvgIpc) is 2.61. The van der Waals surface area contributed by atoms with Crippen molar-refractivity contribution in [2.75, 3.05) is 6.54 Å². The number of carbonyl (C=O) groups excluding carboxylic acids is 1. The molecule has 0 saturated carbocycles. The molecule has 0 aliphatic rings. The van der Waals surface area contributed by atoms with Crippen LogP contribution in [0.3, 0.4) is 0 Å². The molecular weight excluding hydrogens is 316 g/mol. The second-order valence-electron chi connectivity index (χ2n) is 5.95. The van der Waals surface area contributed by atoms with Crippen LogP contribution >= 0.6 is 0 Å². The number of ketones is 1. The molecule has 0 aliphatic heterocycles. The third kappa shape index (κ3) is 7.74. The first-order valence-electron chi connectivity index (χ1n) is 8.40. The number of carbonyl (C=O) groups is 2. The van der Waals surface area contributed by atoms with Gasteiger partial charge in [0.15, 0.2) is 0 Å². The lowest BCUT2D eigenvalue weighted by atomic mass is 10.1. The van der Waals surface area contributed by atoms with Crippen LogP contribution in [0.15, 0.2) is 54.6 Å². The highest BCUT2D eigenvalue weighted by molar-refractivity contribution is 5.83. The predicted molar refractivity (Wildman–Crippen MR) is 97.0 cm³/mol. The van der Waals surface area contributed by atoms with Gasteiger partial charge in [-0.1, -0.05) is 54.6 Å². The van der Waals surface area contributed by atoms with Crippen LogP contribution in [0.5, 0.6) is 0 Å². The first-order valence-corrected chi connectivity index (χ1v) is 8.40. The predicted octanol–water partition coefficient (Wildman–Crippen LogP) is 2.50. The van der Waals surface area contributed by atoms with Crippen molar-refractivity contribution in [3.05, 3.63) is 71.3 Å². The fourth-order valence-electron chi connectivity index (χ4n) is 2.48. The summed E-state index contributed by atoms with van der Waals surface area (Å²) in [5.41, 5.74) is 3.54. The van der Waals surface area contributed by atoms with Gasteiger partial charge in [0.25, 0.3) is 0 Å². The monoisotopic (exact) mass is 340 g/mol. The minimum Gasteiger partial charge on any atom is -0.481 e. The second-order valence-corrected chi connectivity index (χ2v) is 5.95. The Balaban J connectivity index is 1.71. The van der Waals surface area contributed by atoms with Gasteiger partial charge in [-0.15, -0.1) is 0 Å². The van der Waals surface area contributed by atoms with Crippen molar-refractivity contribution in [3.63, 3.8) is 0 Å². The number of rotatable bonds is 11. The van der Waals surface area contributed by atoms with E-state index in [0.29, 0.717) is 6.54 Å². The van der Waals surface area contributed by atoms with Crippen LogP contribution in [0.4, 0.5) is 0 Å². The van der Waals surface area contributed by atoms with Crippen molar-refractivity contribution in [2.45, 2.75) is 32.5 Å². The molecule has 132 valence electrons. The van der Waals surface area contributed by atoms with Gasteiger partial charge in [0.05, 0.1) is 13.0 Å². The lowest BCUT2D eigenvalue weighted by molar-refractivity contribution is -0.138. The Morgan fingerprint density at radius 3 is 2.04 bits per heavy atom. The molecule has 0 radical (unpaired) electrons. The molecule has 0 amide bonds. The molecule has 0 spiro atoms. The van der Waals surface area contributed by atoms with Crippen LogP contribution < -0.4 is 10.6 Å². The van der Waals surface area contributed by atoms with Gasteiger partial charge < -0.3 is 15.7 Å². The van der Waals surface area contributed by atoms with Gasteiger partial charge in [0.1, 0.15) is 5.78 Å². The number of aliphatic carboxylic acids is 1. The maximum atomic E-state index is 11.5. The summed E-state index contributed by atoms with van der Waals surface area (Å²) in [6.07, 6.45) is -0.0329. The summed E-state index contributed by atoms with van der Waals surface area (Å²) in [5.74, 6) is -1.02. The standard InChI is InChI=1S/C20H24N2O3/c23-19(9-10-20(24)25)15-22-14-18-8-4-7-17(11-18)13-21-12-16-5-2-1-3-6-16/h1-8,11,21-22H,9-10,12-15H2,(H,24,25). The molecule has 0 saturated heterocycles. The maximum Gasteiger partial charge on any atom is 0.303 e. The summed E-state index contributed by atoms with van der Waals surface area (Å²) in [5, 5.41) is 15.0. The summed E-state index contributed by atoms with van der Waals surface area (Å²) in [6.45, 7) is 2.39. The molecule has 0 fully saturated rings. The van der Waals surface area contributed by atoms with E-state index >= 15 is 0 Å². The molecule has 0 unspecified atom stereocenters. The van der Waals surface area contributed by atoms with E-state index in [1.165, 1.54) is 11.1 Å². The summed E-state index contributed by atoms with van der Waals surface area (Å²) in [4.78, 5) is 22.0. The Hall–Kier alpha value is -2.50. The molecular formula is C20H24N2O3. The number of hydrogen-bond acceptors (Lipinski definition) is 4. The molecule has 0 heterocycles. The van der Waals surface area contributed by atoms with E-state index < -0.39 is 5.97 Å². The highest BCUT2D eigenvalue weighted by Gasteiger charge is 2.05. The lowest BCUT2D eigenvalue weighted by Gasteiger charge is -2.08. The Kier molecular flexibility index (Phi) is 7.82. The van der Waals surface area contributed by atoms with Gasteiger partial charge in [-0.25, -0.2) is 0 Å². The molecule has 0 aliphatic carbocycles. The van der Waals surface area contributed by atoms with Gasteiger partial charge in [-0.3, -0.25) is 9.59 Å². The topological polar surface area (TPSA) is 78.4 Å². The van der Waals surface area contributed by atoms with Gasteiger partial charge in [0, 0.05) is 26.1 Å². The Morgan fingerprint density at radius 2 is 1.36 bits per heavy atom. The third-order valence-electron chi connectivity index (χ3n) is 3.76. The van der Waals surface area contributed by atoms with Crippen LogP contribution in [-0.4, -0.2) is 23.4 Å².